The van der Waals surface area contributed by atoms with Crippen molar-refractivity contribution in [1.29, 1.82) is 0 Å². The lowest BCUT2D eigenvalue weighted by molar-refractivity contribution is 0.0683. The van der Waals surface area contributed by atoms with Crippen LogP contribution >= 0.6 is 0 Å². The molecule has 1 saturated carbocycles. The first-order chi connectivity index (χ1) is 8.20. The molecule has 1 aromatic heterocycles. The first-order valence-electron chi connectivity index (χ1n) is 6.06. The van der Waals surface area contributed by atoms with Gasteiger partial charge < -0.3 is 14.3 Å². The van der Waals surface area contributed by atoms with E-state index < -0.39 is 5.97 Å². The molecule has 1 aliphatic rings. The van der Waals surface area contributed by atoms with Gasteiger partial charge in [-0.25, -0.2) is 9.78 Å². The van der Waals surface area contributed by atoms with Crippen molar-refractivity contribution in [1.82, 2.24) is 4.98 Å². The Hall–Kier alpha value is -1.52. The minimum atomic E-state index is -1.10. The molecule has 0 radical (unpaired) electrons. The van der Waals surface area contributed by atoms with E-state index in [9.17, 15) is 4.79 Å². The molecule has 0 spiro atoms. The second kappa shape index (κ2) is 5.21. The lowest BCUT2D eigenvalue weighted by atomic mass is 10.0. The van der Waals surface area contributed by atoms with Crippen LogP contribution in [0, 0.1) is 5.92 Å². The van der Waals surface area contributed by atoms with Crippen molar-refractivity contribution in [2.75, 3.05) is 6.61 Å². The Kier molecular flexibility index (Phi) is 3.66. The summed E-state index contributed by atoms with van der Waals surface area (Å²) in [5.41, 5.74) is -0.111. The third-order valence-electron chi connectivity index (χ3n) is 3.06. The Labute approximate surface area is 99.8 Å². The van der Waals surface area contributed by atoms with E-state index in [1.807, 2.05) is 0 Å². The van der Waals surface area contributed by atoms with Crippen LogP contribution in [0.25, 0.3) is 0 Å². The minimum absolute atomic E-state index is 0.0352. The summed E-state index contributed by atoms with van der Waals surface area (Å²) in [6.07, 6.45) is 5.56. The van der Waals surface area contributed by atoms with Gasteiger partial charge in [-0.1, -0.05) is 12.8 Å². The summed E-state index contributed by atoms with van der Waals surface area (Å²) in [4.78, 5) is 14.9. The standard InChI is InChI=1S/C12H17NO4/c1-2-16-12-10(11(14)15)13-9(17-12)7-8-5-3-4-6-8/h8H,2-7H2,1H3,(H,14,15). The van der Waals surface area contributed by atoms with E-state index in [0.717, 1.165) is 0 Å². The zero-order chi connectivity index (χ0) is 12.3. The van der Waals surface area contributed by atoms with Gasteiger partial charge in [0.2, 0.25) is 5.69 Å². The fourth-order valence-electron chi connectivity index (χ4n) is 2.26. The molecule has 17 heavy (non-hydrogen) atoms. The molecular formula is C12H17NO4. The van der Waals surface area contributed by atoms with Gasteiger partial charge in [-0.2, -0.15) is 0 Å². The van der Waals surface area contributed by atoms with E-state index >= 15 is 0 Å². The number of carboxylic acids is 1. The Morgan fingerprint density at radius 3 is 2.82 bits per heavy atom. The van der Waals surface area contributed by atoms with E-state index in [-0.39, 0.29) is 11.6 Å². The summed E-state index contributed by atoms with van der Waals surface area (Å²) in [5, 5.41) is 8.96. The van der Waals surface area contributed by atoms with Gasteiger partial charge in [-0.3, -0.25) is 0 Å². The summed E-state index contributed by atoms with van der Waals surface area (Å²) >= 11 is 0. The van der Waals surface area contributed by atoms with Crippen molar-refractivity contribution in [3.05, 3.63) is 11.6 Å². The molecule has 1 aliphatic carbocycles. The normalized spacial score (nSPS) is 16.3. The van der Waals surface area contributed by atoms with Gasteiger partial charge in [0.1, 0.15) is 0 Å². The smallest absolute Gasteiger partial charge is 0.362 e. The van der Waals surface area contributed by atoms with Crippen molar-refractivity contribution >= 4 is 5.97 Å². The molecule has 0 aromatic carbocycles. The van der Waals surface area contributed by atoms with E-state index in [0.29, 0.717) is 24.8 Å². The number of aromatic carboxylic acids is 1. The van der Waals surface area contributed by atoms with Crippen LogP contribution in [0.2, 0.25) is 0 Å². The lowest BCUT2D eigenvalue weighted by Gasteiger charge is -2.03. The average molecular weight is 239 g/mol. The summed E-state index contributed by atoms with van der Waals surface area (Å²) in [6.45, 7) is 2.16. The third kappa shape index (κ3) is 2.78. The van der Waals surface area contributed by atoms with Crippen LogP contribution < -0.4 is 4.74 Å². The Morgan fingerprint density at radius 2 is 2.24 bits per heavy atom. The van der Waals surface area contributed by atoms with Gasteiger partial charge in [-0.15, -0.1) is 0 Å². The lowest BCUT2D eigenvalue weighted by Crippen LogP contribution is -2.02. The van der Waals surface area contributed by atoms with Crippen LogP contribution in [0.3, 0.4) is 0 Å². The molecule has 5 nitrogen and oxygen atoms in total. The number of oxazole rings is 1. The van der Waals surface area contributed by atoms with E-state index in [2.05, 4.69) is 4.98 Å². The molecule has 0 atom stereocenters. The van der Waals surface area contributed by atoms with Gasteiger partial charge in [0.05, 0.1) is 6.61 Å². The average Bonchev–Trinajstić information content (AvgIpc) is 2.89. The van der Waals surface area contributed by atoms with Gasteiger partial charge in [0.25, 0.3) is 0 Å². The molecule has 0 unspecified atom stereocenters. The molecule has 1 N–H and O–H groups in total. The van der Waals surface area contributed by atoms with Crippen molar-refractivity contribution in [3.8, 4) is 5.95 Å². The number of carboxylic acid groups (broad SMARTS) is 1. The fraction of sp³-hybridized carbons (Fsp3) is 0.667. The summed E-state index contributed by atoms with van der Waals surface area (Å²) in [5.74, 6) is -0.00890. The number of carbonyl (C=O) groups is 1. The number of hydrogen-bond donors (Lipinski definition) is 1. The van der Waals surface area contributed by atoms with Crippen molar-refractivity contribution < 1.29 is 19.1 Å². The van der Waals surface area contributed by atoms with Crippen LogP contribution in [-0.2, 0) is 6.42 Å². The zero-order valence-corrected chi connectivity index (χ0v) is 9.94. The Balaban J connectivity index is 2.11. The predicted molar refractivity (Wildman–Crippen MR) is 60.3 cm³/mol. The van der Waals surface area contributed by atoms with Crippen LogP contribution in [0.5, 0.6) is 5.95 Å². The topological polar surface area (TPSA) is 72.6 Å². The number of aromatic nitrogens is 1. The molecule has 0 bridgehead atoms. The zero-order valence-electron chi connectivity index (χ0n) is 9.94. The molecule has 0 saturated heterocycles. The Morgan fingerprint density at radius 1 is 1.53 bits per heavy atom. The monoisotopic (exact) mass is 239 g/mol. The molecular weight excluding hydrogens is 222 g/mol. The van der Waals surface area contributed by atoms with Crippen LogP contribution in [0.15, 0.2) is 4.42 Å². The fourth-order valence-corrected chi connectivity index (χ4v) is 2.26. The molecule has 1 heterocycles. The third-order valence-corrected chi connectivity index (χ3v) is 3.06. The highest BCUT2D eigenvalue weighted by atomic mass is 16.6. The van der Waals surface area contributed by atoms with Gasteiger partial charge in [0.15, 0.2) is 5.89 Å². The summed E-state index contributed by atoms with van der Waals surface area (Å²) in [6, 6.07) is 0. The second-order valence-corrected chi connectivity index (χ2v) is 4.34. The van der Waals surface area contributed by atoms with Crippen LogP contribution in [0.4, 0.5) is 0 Å². The maximum Gasteiger partial charge on any atom is 0.362 e. The summed E-state index contributed by atoms with van der Waals surface area (Å²) in [7, 11) is 0. The van der Waals surface area contributed by atoms with Crippen LogP contribution in [0.1, 0.15) is 49.0 Å². The first kappa shape index (κ1) is 12.0. The van der Waals surface area contributed by atoms with E-state index in [4.69, 9.17) is 14.3 Å². The summed E-state index contributed by atoms with van der Waals surface area (Å²) < 4.78 is 10.5. The minimum Gasteiger partial charge on any atom is -0.476 e. The van der Waals surface area contributed by atoms with Crippen molar-refractivity contribution in [2.45, 2.75) is 39.0 Å². The number of ether oxygens (including phenoxy) is 1. The van der Waals surface area contributed by atoms with Gasteiger partial charge in [0, 0.05) is 6.42 Å². The first-order valence-corrected chi connectivity index (χ1v) is 6.06. The molecule has 0 aliphatic heterocycles. The van der Waals surface area contributed by atoms with E-state index in [1.54, 1.807) is 6.92 Å². The second-order valence-electron chi connectivity index (χ2n) is 4.34. The largest absolute Gasteiger partial charge is 0.476 e. The molecule has 2 rings (SSSR count). The van der Waals surface area contributed by atoms with Crippen molar-refractivity contribution in [3.63, 3.8) is 0 Å². The Bertz CT molecular complexity index is 393. The molecule has 1 fully saturated rings. The molecule has 1 aromatic rings. The highest BCUT2D eigenvalue weighted by Crippen LogP contribution is 2.29. The molecule has 94 valence electrons. The van der Waals surface area contributed by atoms with E-state index in [1.165, 1.54) is 25.7 Å². The maximum absolute atomic E-state index is 10.9. The van der Waals surface area contributed by atoms with Crippen molar-refractivity contribution in [2.24, 2.45) is 5.92 Å². The van der Waals surface area contributed by atoms with Gasteiger partial charge >= 0.3 is 11.9 Å². The number of hydrogen-bond acceptors (Lipinski definition) is 4. The predicted octanol–water partition coefficient (Wildman–Crippen LogP) is 2.50. The highest BCUT2D eigenvalue weighted by molar-refractivity contribution is 5.87. The maximum atomic E-state index is 10.9. The number of nitrogens with zero attached hydrogens (tertiary/aromatic N) is 1. The highest BCUT2D eigenvalue weighted by Gasteiger charge is 2.24. The quantitative estimate of drug-likeness (QED) is 0.854. The van der Waals surface area contributed by atoms with Gasteiger partial charge in [-0.05, 0) is 25.7 Å². The number of rotatable bonds is 5. The molecule has 0 amide bonds. The molecule has 5 heteroatoms. The van der Waals surface area contributed by atoms with Crippen LogP contribution in [-0.4, -0.2) is 22.7 Å². The SMILES string of the molecule is CCOc1oc(CC2CCCC2)nc1C(=O)O.